The molecule has 1 nitrogen and oxygen atoms in total. The molecule has 1 rings (SSSR count). The Morgan fingerprint density at radius 1 is 1.07 bits per heavy atom. The molecule has 0 bridgehead atoms. The fourth-order valence-corrected chi connectivity index (χ4v) is 2.46. The Labute approximate surface area is 88.1 Å². The molecule has 2 N–H and O–H groups in total. The van der Waals surface area contributed by atoms with Gasteiger partial charge >= 0.3 is 0 Å². The Balaban J connectivity index is 3.25. The lowest BCUT2D eigenvalue weighted by Crippen LogP contribution is -2.36. The van der Waals surface area contributed by atoms with Crippen molar-refractivity contribution < 1.29 is 0 Å². The van der Waals surface area contributed by atoms with E-state index in [1.165, 1.54) is 22.3 Å². The van der Waals surface area contributed by atoms with Crippen molar-refractivity contribution in [2.45, 2.75) is 47.6 Å². The molecule has 0 saturated heterocycles. The smallest absolute Gasteiger partial charge is 0.0325 e. The normalized spacial score (nSPS) is 29.1. The fourth-order valence-electron chi connectivity index (χ4n) is 2.46. The predicted octanol–water partition coefficient (Wildman–Crippen LogP) is 3.27. The molecule has 0 spiro atoms. The van der Waals surface area contributed by atoms with Gasteiger partial charge in [0, 0.05) is 6.04 Å². The molecule has 0 amide bonds. The van der Waals surface area contributed by atoms with Gasteiger partial charge in [0.15, 0.2) is 0 Å². The molecule has 0 aromatic heterocycles. The lowest BCUT2D eigenvalue weighted by atomic mass is 9.74. The molecule has 1 aliphatic rings. The van der Waals surface area contributed by atoms with Crippen LogP contribution < -0.4 is 5.73 Å². The van der Waals surface area contributed by atoms with Gasteiger partial charge in [-0.05, 0) is 49.3 Å². The highest BCUT2D eigenvalue weighted by atomic mass is 14.7. The minimum absolute atomic E-state index is 0.221. The Morgan fingerprint density at radius 2 is 1.57 bits per heavy atom. The van der Waals surface area contributed by atoms with Crippen LogP contribution in [0.25, 0.3) is 0 Å². The minimum atomic E-state index is 0.221. The Kier molecular flexibility index (Phi) is 3.20. The van der Waals surface area contributed by atoms with Crippen molar-refractivity contribution in [3.05, 3.63) is 22.3 Å². The van der Waals surface area contributed by atoms with Gasteiger partial charge < -0.3 is 5.73 Å². The first-order chi connectivity index (χ1) is 6.37. The van der Waals surface area contributed by atoms with Crippen molar-refractivity contribution in [3.63, 3.8) is 0 Å². The molecule has 2 atom stereocenters. The van der Waals surface area contributed by atoms with Crippen LogP contribution in [0.15, 0.2) is 22.3 Å². The van der Waals surface area contributed by atoms with Crippen LogP contribution in [0.4, 0.5) is 0 Å². The molecular formula is C13H23N. The molecule has 80 valence electrons. The van der Waals surface area contributed by atoms with Crippen molar-refractivity contribution in [1.29, 1.82) is 0 Å². The standard InChI is InChI=1S/C13H23N/c1-7(2)12-10(5)8(3)9(4)11(6)13(12)14/h7,11,13H,14H2,1-6H3. The van der Waals surface area contributed by atoms with E-state index < -0.39 is 0 Å². The van der Waals surface area contributed by atoms with Gasteiger partial charge in [0.25, 0.3) is 0 Å². The first kappa shape index (κ1) is 11.5. The van der Waals surface area contributed by atoms with E-state index >= 15 is 0 Å². The minimum Gasteiger partial charge on any atom is -0.324 e. The van der Waals surface area contributed by atoms with Crippen LogP contribution in [0.2, 0.25) is 0 Å². The molecule has 0 aromatic rings. The van der Waals surface area contributed by atoms with Gasteiger partial charge in [0.05, 0.1) is 0 Å². The summed E-state index contributed by atoms with van der Waals surface area (Å²) in [6.07, 6.45) is 0. The van der Waals surface area contributed by atoms with Crippen molar-refractivity contribution in [3.8, 4) is 0 Å². The highest BCUT2D eigenvalue weighted by Crippen LogP contribution is 2.36. The molecule has 2 unspecified atom stereocenters. The fraction of sp³-hybridized carbons (Fsp3) is 0.692. The van der Waals surface area contributed by atoms with Gasteiger partial charge in [-0.25, -0.2) is 0 Å². The summed E-state index contributed by atoms with van der Waals surface area (Å²) in [5.41, 5.74) is 12.0. The van der Waals surface area contributed by atoms with E-state index in [0.717, 1.165) is 0 Å². The summed E-state index contributed by atoms with van der Waals surface area (Å²) in [6, 6.07) is 0.221. The monoisotopic (exact) mass is 193 g/mol. The topological polar surface area (TPSA) is 26.0 Å². The SMILES string of the molecule is CC1=C(C)C(C)C(N)C(C(C)C)=C1C. The number of nitrogens with two attached hydrogens (primary N) is 1. The molecule has 1 heteroatoms. The maximum Gasteiger partial charge on any atom is 0.0325 e. The zero-order valence-corrected chi connectivity index (χ0v) is 10.3. The van der Waals surface area contributed by atoms with Gasteiger partial charge in [-0.15, -0.1) is 0 Å². The quantitative estimate of drug-likeness (QED) is 0.679. The van der Waals surface area contributed by atoms with E-state index in [4.69, 9.17) is 5.73 Å². The molecule has 1 aliphatic carbocycles. The second kappa shape index (κ2) is 3.90. The lowest BCUT2D eigenvalue weighted by molar-refractivity contribution is 0.506. The van der Waals surface area contributed by atoms with Crippen molar-refractivity contribution in [2.75, 3.05) is 0 Å². The highest BCUT2D eigenvalue weighted by Gasteiger charge is 2.28. The van der Waals surface area contributed by atoms with Crippen LogP contribution in [0.5, 0.6) is 0 Å². The second-order valence-corrected chi connectivity index (χ2v) is 4.86. The first-order valence-corrected chi connectivity index (χ1v) is 5.51. The van der Waals surface area contributed by atoms with Gasteiger partial charge in [-0.2, -0.15) is 0 Å². The summed E-state index contributed by atoms with van der Waals surface area (Å²) in [6.45, 7) is 13.3. The third-order valence-corrected chi connectivity index (χ3v) is 3.79. The van der Waals surface area contributed by atoms with Crippen molar-refractivity contribution in [1.82, 2.24) is 0 Å². The largest absolute Gasteiger partial charge is 0.324 e. The summed E-state index contributed by atoms with van der Waals surface area (Å²) < 4.78 is 0. The first-order valence-electron chi connectivity index (χ1n) is 5.51. The molecule has 0 fully saturated rings. The zero-order chi connectivity index (χ0) is 11.0. The summed E-state index contributed by atoms with van der Waals surface area (Å²) in [7, 11) is 0. The highest BCUT2D eigenvalue weighted by molar-refractivity contribution is 5.44. The number of hydrogen-bond acceptors (Lipinski definition) is 1. The Hall–Kier alpha value is -0.560. The number of allylic oxidation sites excluding steroid dienone is 2. The molecular weight excluding hydrogens is 170 g/mol. The van der Waals surface area contributed by atoms with Crippen LogP contribution in [0.1, 0.15) is 41.5 Å². The van der Waals surface area contributed by atoms with Crippen LogP contribution >= 0.6 is 0 Å². The summed E-state index contributed by atoms with van der Waals surface area (Å²) in [5.74, 6) is 1.06. The van der Waals surface area contributed by atoms with Crippen LogP contribution in [0, 0.1) is 11.8 Å². The predicted molar refractivity (Wildman–Crippen MR) is 63.1 cm³/mol. The second-order valence-electron chi connectivity index (χ2n) is 4.86. The van der Waals surface area contributed by atoms with E-state index in [1.807, 2.05) is 0 Å². The molecule has 0 aliphatic heterocycles. The molecule has 14 heavy (non-hydrogen) atoms. The summed E-state index contributed by atoms with van der Waals surface area (Å²) in [5, 5.41) is 0. The van der Waals surface area contributed by atoms with E-state index in [1.54, 1.807) is 0 Å². The van der Waals surface area contributed by atoms with Crippen LogP contribution in [-0.4, -0.2) is 6.04 Å². The zero-order valence-electron chi connectivity index (χ0n) is 10.3. The van der Waals surface area contributed by atoms with Gasteiger partial charge in [0.1, 0.15) is 0 Å². The average Bonchev–Trinajstić information content (AvgIpc) is 2.11. The van der Waals surface area contributed by atoms with E-state index in [2.05, 4.69) is 41.5 Å². The molecule has 0 heterocycles. The third kappa shape index (κ3) is 1.66. The lowest BCUT2D eigenvalue weighted by Gasteiger charge is -2.34. The van der Waals surface area contributed by atoms with E-state index in [-0.39, 0.29) is 6.04 Å². The number of rotatable bonds is 1. The van der Waals surface area contributed by atoms with E-state index in [9.17, 15) is 0 Å². The molecule has 0 radical (unpaired) electrons. The van der Waals surface area contributed by atoms with Gasteiger partial charge in [-0.3, -0.25) is 0 Å². The van der Waals surface area contributed by atoms with Crippen molar-refractivity contribution in [2.24, 2.45) is 17.6 Å². The average molecular weight is 193 g/mol. The van der Waals surface area contributed by atoms with Gasteiger partial charge in [0.2, 0.25) is 0 Å². The molecule has 0 saturated carbocycles. The maximum atomic E-state index is 6.27. The van der Waals surface area contributed by atoms with E-state index in [0.29, 0.717) is 11.8 Å². The summed E-state index contributed by atoms with van der Waals surface area (Å²) in [4.78, 5) is 0. The Morgan fingerprint density at radius 3 is 2.00 bits per heavy atom. The maximum absolute atomic E-state index is 6.27. The Bertz CT molecular complexity index is 294. The van der Waals surface area contributed by atoms with Crippen LogP contribution in [0.3, 0.4) is 0 Å². The van der Waals surface area contributed by atoms with Gasteiger partial charge in [-0.1, -0.05) is 26.3 Å². The summed E-state index contributed by atoms with van der Waals surface area (Å²) >= 11 is 0. The molecule has 0 aromatic carbocycles. The van der Waals surface area contributed by atoms with Crippen LogP contribution in [-0.2, 0) is 0 Å². The number of hydrogen-bond donors (Lipinski definition) is 1. The van der Waals surface area contributed by atoms with Crippen molar-refractivity contribution >= 4 is 0 Å². The third-order valence-electron chi connectivity index (χ3n) is 3.79.